The summed E-state index contributed by atoms with van der Waals surface area (Å²) in [6.45, 7) is 1.59. The number of benzene rings is 3. The third-order valence-electron chi connectivity index (χ3n) is 4.98. The van der Waals surface area contributed by atoms with Crippen molar-refractivity contribution < 1.29 is 4.79 Å². The summed E-state index contributed by atoms with van der Waals surface area (Å²) < 4.78 is 0. The smallest absolute Gasteiger partial charge is 0.220 e. The van der Waals surface area contributed by atoms with Crippen LogP contribution in [0.2, 0.25) is 0 Å². The summed E-state index contributed by atoms with van der Waals surface area (Å²) in [5.41, 5.74) is 3.54. The molecule has 0 heterocycles. The second kappa shape index (κ2) is 10.3. The Morgan fingerprint density at radius 2 is 1.32 bits per heavy atom. The van der Waals surface area contributed by atoms with Crippen LogP contribution in [0.4, 0.5) is 5.69 Å². The van der Waals surface area contributed by atoms with Crippen LogP contribution in [-0.2, 0) is 4.79 Å². The van der Waals surface area contributed by atoms with Crippen molar-refractivity contribution in [2.75, 3.05) is 25.0 Å². The van der Waals surface area contributed by atoms with Crippen LogP contribution < -0.4 is 10.2 Å². The highest BCUT2D eigenvalue weighted by atomic mass is 16.1. The van der Waals surface area contributed by atoms with E-state index in [2.05, 4.69) is 53.7 Å². The molecule has 0 bridgehead atoms. The van der Waals surface area contributed by atoms with Gasteiger partial charge in [-0.15, -0.1) is 0 Å². The van der Waals surface area contributed by atoms with Gasteiger partial charge in [0.1, 0.15) is 0 Å². The molecule has 0 saturated carbocycles. The Morgan fingerprint density at radius 3 is 1.86 bits per heavy atom. The minimum absolute atomic E-state index is 0.0781. The van der Waals surface area contributed by atoms with Gasteiger partial charge in [0.05, 0.1) is 0 Å². The van der Waals surface area contributed by atoms with Crippen LogP contribution in [0.3, 0.4) is 0 Å². The fraction of sp³-hybridized carbons (Fsp3) is 0.240. The normalized spacial score (nSPS) is 10.6. The molecule has 0 spiro atoms. The molecule has 3 aromatic rings. The van der Waals surface area contributed by atoms with Gasteiger partial charge in [-0.3, -0.25) is 4.79 Å². The Hall–Kier alpha value is -3.07. The van der Waals surface area contributed by atoms with Gasteiger partial charge in [-0.2, -0.15) is 0 Å². The summed E-state index contributed by atoms with van der Waals surface area (Å²) >= 11 is 0. The van der Waals surface area contributed by atoms with Crippen molar-refractivity contribution >= 4 is 11.6 Å². The van der Waals surface area contributed by atoms with E-state index in [4.69, 9.17) is 0 Å². The lowest BCUT2D eigenvalue weighted by Gasteiger charge is -2.20. The number of nitrogens with zero attached hydrogens (tertiary/aromatic N) is 1. The summed E-state index contributed by atoms with van der Waals surface area (Å²) in [5.74, 6) is 0.175. The molecule has 0 fully saturated rings. The van der Waals surface area contributed by atoms with E-state index < -0.39 is 0 Å². The fourth-order valence-corrected chi connectivity index (χ4v) is 3.41. The van der Waals surface area contributed by atoms with Gasteiger partial charge in [-0.25, -0.2) is 0 Å². The number of para-hydroxylation sites is 1. The average molecular weight is 373 g/mol. The lowest BCUT2D eigenvalue weighted by atomic mass is 9.88. The van der Waals surface area contributed by atoms with Crippen molar-refractivity contribution in [1.82, 2.24) is 5.32 Å². The first-order chi connectivity index (χ1) is 13.7. The van der Waals surface area contributed by atoms with Crippen LogP contribution in [0, 0.1) is 0 Å². The van der Waals surface area contributed by atoms with Crippen LogP contribution in [0.15, 0.2) is 91.0 Å². The number of amides is 1. The van der Waals surface area contributed by atoms with E-state index in [1.807, 2.05) is 54.6 Å². The number of carbonyl (C=O) groups excluding carboxylic acids is 1. The lowest BCUT2D eigenvalue weighted by molar-refractivity contribution is -0.121. The van der Waals surface area contributed by atoms with Gasteiger partial charge in [-0.1, -0.05) is 78.9 Å². The average Bonchev–Trinajstić information content (AvgIpc) is 2.76. The van der Waals surface area contributed by atoms with E-state index in [0.717, 1.165) is 13.0 Å². The molecule has 3 nitrogen and oxygen atoms in total. The molecule has 3 heteroatoms. The minimum Gasteiger partial charge on any atom is -0.375 e. The SMILES string of the molecule is CN(CCCNC(=O)CC(c1ccccc1)c1ccccc1)c1ccccc1. The zero-order chi connectivity index (χ0) is 19.6. The predicted molar refractivity (Wildman–Crippen MR) is 117 cm³/mol. The molecule has 3 aromatic carbocycles. The molecular weight excluding hydrogens is 344 g/mol. The molecule has 1 N–H and O–H groups in total. The molecule has 28 heavy (non-hydrogen) atoms. The molecule has 1 amide bonds. The van der Waals surface area contributed by atoms with Gasteiger partial charge in [0.15, 0.2) is 0 Å². The highest BCUT2D eigenvalue weighted by molar-refractivity contribution is 5.77. The van der Waals surface area contributed by atoms with Gasteiger partial charge >= 0.3 is 0 Å². The van der Waals surface area contributed by atoms with E-state index in [1.54, 1.807) is 0 Å². The second-order valence-electron chi connectivity index (χ2n) is 7.04. The first-order valence-corrected chi connectivity index (χ1v) is 9.87. The summed E-state index contributed by atoms with van der Waals surface area (Å²) in [5, 5.41) is 3.09. The second-order valence-corrected chi connectivity index (χ2v) is 7.04. The number of carbonyl (C=O) groups is 1. The molecule has 0 aliphatic heterocycles. The van der Waals surface area contributed by atoms with Gasteiger partial charge in [0, 0.05) is 38.2 Å². The number of nitrogens with one attached hydrogen (secondary N) is 1. The van der Waals surface area contributed by atoms with Gasteiger partial charge in [-0.05, 0) is 29.7 Å². The molecule has 0 atom stereocenters. The summed E-state index contributed by atoms with van der Waals surface area (Å²) in [6, 6.07) is 30.8. The van der Waals surface area contributed by atoms with E-state index in [9.17, 15) is 4.79 Å². The Morgan fingerprint density at radius 1 is 0.821 bits per heavy atom. The maximum Gasteiger partial charge on any atom is 0.220 e. The molecule has 0 unspecified atom stereocenters. The van der Waals surface area contributed by atoms with Crippen molar-refractivity contribution in [2.24, 2.45) is 0 Å². The fourth-order valence-electron chi connectivity index (χ4n) is 3.41. The number of rotatable bonds is 9. The van der Waals surface area contributed by atoms with E-state index in [1.165, 1.54) is 16.8 Å². The van der Waals surface area contributed by atoms with Crippen molar-refractivity contribution in [2.45, 2.75) is 18.8 Å². The Balaban J connectivity index is 1.52. The van der Waals surface area contributed by atoms with Crippen molar-refractivity contribution in [3.05, 3.63) is 102 Å². The maximum atomic E-state index is 12.6. The lowest BCUT2D eigenvalue weighted by Crippen LogP contribution is -2.29. The molecule has 144 valence electrons. The van der Waals surface area contributed by atoms with E-state index in [0.29, 0.717) is 13.0 Å². The zero-order valence-corrected chi connectivity index (χ0v) is 16.4. The maximum absolute atomic E-state index is 12.6. The van der Waals surface area contributed by atoms with Crippen LogP contribution >= 0.6 is 0 Å². The molecule has 0 saturated heterocycles. The van der Waals surface area contributed by atoms with Gasteiger partial charge < -0.3 is 10.2 Å². The highest BCUT2D eigenvalue weighted by Gasteiger charge is 2.17. The first-order valence-electron chi connectivity index (χ1n) is 9.87. The van der Waals surface area contributed by atoms with Gasteiger partial charge in [0.2, 0.25) is 5.91 Å². The minimum atomic E-state index is 0.0781. The van der Waals surface area contributed by atoms with Crippen molar-refractivity contribution in [3.8, 4) is 0 Å². The zero-order valence-electron chi connectivity index (χ0n) is 16.4. The molecule has 0 aliphatic carbocycles. The van der Waals surface area contributed by atoms with Gasteiger partial charge in [0.25, 0.3) is 0 Å². The van der Waals surface area contributed by atoms with Crippen LogP contribution in [0.25, 0.3) is 0 Å². The number of hydrogen-bond acceptors (Lipinski definition) is 2. The summed E-state index contributed by atoms with van der Waals surface area (Å²) in [6.07, 6.45) is 1.38. The summed E-state index contributed by atoms with van der Waals surface area (Å²) in [7, 11) is 2.08. The number of anilines is 1. The number of hydrogen-bond donors (Lipinski definition) is 1. The summed E-state index contributed by atoms with van der Waals surface area (Å²) in [4.78, 5) is 14.8. The highest BCUT2D eigenvalue weighted by Crippen LogP contribution is 2.27. The van der Waals surface area contributed by atoms with Crippen LogP contribution in [-0.4, -0.2) is 26.0 Å². The van der Waals surface area contributed by atoms with Crippen LogP contribution in [0.5, 0.6) is 0 Å². The van der Waals surface area contributed by atoms with Crippen molar-refractivity contribution in [3.63, 3.8) is 0 Å². The third kappa shape index (κ3) is 5.71. The van der Waals surface area contributed by atoms with E-state index in [-0.39, 0.29) is 11.8 Å². The predicted octanol–water partition coefficient (Wildman–Crippen LogP) is 4.85. The van der Waals surface area contributed by atoms with Crippen molar-refractivity contribution in [1.29, 1.82) is 0 Å². The first kappa shape index (κ1) is 19.7. The Labute approximate surface area is 168 Å². The molecule has 0 aliphatic rings. The Bertz CT molecular complexity index is 795. The Kier molecular flexibility index (Phi) is 7.25. The standard InChI is InChI=1S/C25H28N2O/c1-27(23-16-9-4-10-17-23)19-11-18-26-25(28)20-24(21-12-5-2-6-13-21)22-14-7-3-8-15-22/h2-10,12-17,24H,11,18-20H2,1H3,(H,26,28). The topological polar surface area (TPSA) is 32.3 Å². The molecule has 0 radical (unpaired) electrons. The quantitative estimate of drug-likeness (QED) is 0.545. The molecular formula is C25H28N2O. The largest absolute Gasteiger partial charge is 0.375 e. The van der Waals surface area contributed by atoms with Crippen LogP contribution in [0.1, 0.15) is 29.9 Å². The third-order valence-corrected chi connectivity index (χ3v) is 4.98. The molecule has 0 aromatic heterocycles. The van der Waals surface area contributed by atoms with E-state index >= 15 is 0 Å². The molecule has 3 rings (SSSR count). The monoisotopic (exact) mass is 372 g/mol.